The number of rotatable bonds is 3. The highest BCUT2D eigenvalue weighted by atomic mass is 14.8. The Morgan fingerprint density at radius 1 is 0.479 bits per heavy atom. The third-order valence-corrected chi connectivity index (χ3v) is 9.91. The molecule has 0 saturated heterocycles. The molecule has 0 aliphatic heterocycles. The maximum absolute atomic E-state index is 4.89. The Hall–Kier alpha value is -6.12. The molecule has 7 aromatic carbocycles. The molecule has 0 fully saturated rings. The van der Waals surface area contributed by atoms with Gasteiger partial charge in [0, 0.05) is 18.0 Å². The van der Waals surface area contributed by atoms with Gasteiger partial charge in [-0.2, -0.15) is 0 Å². The molecule has 9 aromatic rings. The minimum Gasteiger partial charge on any atom is -0.254 e. The second-order valence-electron chi connectivity index (χ2n) is 12.6. The van der Waals surface area contributed by atoms with Gasteiger partial charge in [-0.15, -0.1) is 0 Å². The summed E-state index contributed by atoms with van der Waals surface area (Å²) < 4.78 is 0. The smallest absolute Gasteiger partial charge is 0.0886 e. The van der Waals surface area contributed by atoms with Crippen molar-refractivity contribution in [3.05, 3.63) is 168 Å². The maximum atomic E-state index is 4.89. The van der Waals surface area contributed by atoms with E-state index in [0.717, 1.165) is 22.5 Å². The normalized spacial score (nSPS) is 12.8. The van der Waals surface area contributed by atoms with Gasteiger partial charge in [-0.05, 0) is 131 Å². The van der Waals surface area contributed by atoms with Crippen molar-refractivity contribution in [1.82, 2.24) is 9.97 Å². The Morgan fingerprint density at radius 2 is 1.08 bits per heavy atom. The van der Waals surface area contributed by atoms with E-state index in [2.05, 4.69) is 159 Å². The molecule has 48 heavy (non-hydrogen) atoms. The van der Waals surface area contributed by atoms with Crippen molar-refractivity contribution in [1.29, 1.82) is 0 Å². The van der Waals surface area contributed by atoms with Crippen molar-refractivity contribution in [3.63, 3.8) is 0 Å². The van der Waals surface area contributed by atoms with E-state index in [1.165, 1.54) is 75.4 Å². The summed E-state index contributed by atoms with van der Waals surface area (Å²) in [5.41, 5.74) is 6.31. The molecule has 0 unspecified atom stereocenters. The first-order valence-electron chi connectivity index (χ1n) is 16.5. The van der Waals surface area contributed by atoms with Crippen molar-refractivity contribution in [3.8, 4) is 22.5 Å². The SMILES string of the molecule is C/C=c1/cc2c(ccc3ccccc32)c/c1=C(/C)c1ccc(-c2ccc(-c3cccc4cc5ccc6ccccc6c5cc34)cn2)nc1. The number of hydrogen-bond acceptors (Lipinski definition) is 2. The second-order valence-corrected chi connectivity index (χ2v) is 12.6. The molecular weight excluding hydrogens is 581 g/mol. The zero-order valence-electron chi connectivity index (χ0n) is 26.9. The Kier molecular flexibility index (Phi) is 6.62. The first-order chi connectivity index (χ1) is 23.6. The number of pyridine rings is 2. The summed E-state index contributed by atoms with van der Waals surface area (Å²) in [6.07, 6.45) is 6.16. The summed E-state index contributed by atoms with van der Waals surface area (Å²) in [6, 6.07) is 50.4. The van der Waals surface area contributed by atoms with Crippen LogP contribution in [-0.4, -0.2) is 9.97 Å². The first kappa shape index (κ1) is 28.1. The van der Waals surface area contributed by atoms with E-state index in [1.54, 1.807) is 0 Å². The fourth-order valence-electron chi connectivity index (χ4n) is 7.30. The van der Waals surface area contributed by atoms with Crippen LogP contribution < -0.4 is 10.4 Å². The third kappa shape index (κ3) is 4.65. The van der Waals surface area contributed by atoms with Gasteiger partial charge < -0.3 is 0 Å². The van der Waals surface area contributed by atoms with Crippen LogP contribution in [0.2, 0.25) is 0 Å². The minimum atomic E-state index is 0.861. The van der Waals surface area contributed by atoms with Gasteiger partial charge in [0.05, 0.1) is 11.4 Å². The lowest BCUT2D eigenvalue weighted by Crippen LogP contribution is -2.26. The largest absolute Gasteiger partial charge is 0.254 e. The average Bonchev–Trinajstić information content (AvgIpc) is 3.16. The van der Waals surface area contributed by atoms with E-state index in [0.29, 0.717) is 0 Å². The zero-order chi connectivity index (χ0) is 32.2. The van der Waals surface area contributed by atoms with Crippen molar-refractivity contribution in [2.45, 2.75) is 13.8 Å². The van der Waals surface area contributed by atoms with Crippen molar-refractivity contribution in [2.24, 2.45) is 0 Å². The third-order valence-electron chi connectivity index (χ3n) is 9.91. The topological polar surface area (TPSA) is 25.8 Å². The lowest BCUT2D eigenvalue weighted by atomic mass is 9.94. The maximum Gasteiger partial charge on any atom is 0.0886 e. The van der Waals surface area contributed by atoms with Gasteiger partial charge in [0.15, 0.2) is 0 Å². The van der Waals surface area contributed by atoms with Crippen molar-refractivity contribution in [2.75, 3.05) is 0 Å². The molecular formula is C46H32N2. The molecule has 0 aliphatic carbocycles. The number of aromatic nitrogens is 2. The lowest BCUT2D eigenvalue weighted by Gasteiger charge is -2.11. The number of benzene rings is 7. The van der Waals surface area contributed by atoms with Crippen LogP contribution in [0.5, 0.6) is 0 Å². The van der Waals surface area contributed by atoms with Crippen molar-refractivity contribution < 1.29 is 0 Å². The lowest BCUT2D eigenvalue weighted by molar-refractivity contribution is 1.24. The molecule has 2 aromatic heterocycles. The molecule has 9 rings (SSSR count). The predicted octanol–water partition coefficient (Wildman–Crippen LogP) is 10.6. The molecule has 0 amide bonds. The Bertz CT molecular complexity index is 2830. The molecule has 226 valence electrons. The van der Waals surface area contributed by atoms with Gasteiger partial charge >= 0.3 is 0 Å². The Morgan fingerprint density at radius 3 is 1.75 bits per heavy atom. The average molecular weight is 613 g/mol. The zero-order valence-corrected chi connectivity index (χ0v) is 26.9. The molecule has 0 atom stereocenters. The van der Waals surface area contributed by atoms with Crippen LogP contribution in [-0.2, 0) is 0 Å². The van der Waals surface area contributed by atoms with Gasteiger partial charge in [0.2, 0.25) is 0 Å². The highest BCUT2D eigenvalue weighted by Crippen LogP contribution is 2.35. The van der Waals surface area contributed by atoms with E-state index in [4.69, 9.17) is 9.97 Å². The van der Waals surface area contributed by atoms with Crippen LogP contribution in [0.4, 0.5) is 0 Å². The summed E-state index contributed by atoms with van der Waals surface area (Å²) >= 11 is 0. The molecule has 2 nitrogen and oxygen atoms in total. The van der Waals surface area contributed by atoms with Crippen molar-refractivity contribution >= 4 is 65.5 Å². The van der Waals surface area contributed by atoms with Gasteiger partial charge in [0.1, 0.15) is 0 Å². The highest BCUT2D eigenvalue weighted by Gasteiger charge is 2.10. The van der Waals surface area contributed by atoms with Gasteiger partial charge in [-0.3, -0.25) is 9.97 Å². The van der Waals surface area contributed by atoms with Crippen LogP contribution in [0, 0.1) is 0 Å². The highest BCUT2D eigenvalue weighted by molar-refractivity contribution is 6.14. The standard InChI is InChI=1S/C46H32N2/c1-3-30-24-42-35(18-16-31-9-4-6-12-38(31)42)25-41(30)29(2)36-19-21-45(47-27-36)46-22-20-37(28-48-46)40-14-8-11-33-23-34-17-15-32-10-5-7-13-39(32)44(34)26-43(33)40/h3-28H,1-2H3/b30-3-,41-29+. The molecule has 0 spiro atoms. The number of fused-ring (bicyclic) bond motifs is 7. The Labute approximate surface area is 279 Å². The quantitative estimate of drug-likeness (QED) is 0.147. The molecule has 0 aliphatic rings. The number of nitrogens with zero attached hydrogens (tertiary/aromatic N) is 2. The summed E-state index contributed by atoms with van der Waals surface area (Å²) in [5.74, 6) is 0. The van der Waals surface area contributed by atoms with Gasteiger partial charge in [-0.25, -0.2) is 0 Å². The van der Waals surface area contributed by atoms with E-state index < -0.39 is 0 Å². The summed E-state index contributed by atoms with van der Waals surface area (Å²) in [7, 11) is 0. The van der Waals surface area contributed by atoms with Crippen LogP contribution in [0.25, 0.3) is 88.0 Å². The summed E-state index contributed by atoms with van der Waals surface area (Å²) in [4.78, 5) is 9.77. The minimum absolute atomic E-state index is 0.861. The second kappa shape index (κ2) is 11.3. The van der Waals surface area contributed by atoms with E-state index in [9.17, 15) is 0 Å². The molecule has 2 heterocycles. The molecule has 0 N–H and O–H groups in total. The molecule has 0 saturated carbocycles. The van der Waals surface area contributed by atoms with E-state index in [1.807, 2.05) is 12.4 Å². The fourth-order valence-corrected chi connectivity index (χ4v) is 7.30. The van der Waals surface area contributed by atoms with Gasteiger partial charge in [-0.1, -0.05) is 109 Å². The molecule has 2 heteroatoms. The van der Waals surface area contributed by atoms with Crippen LogP contribution in [0.15, 0.2) is 152 Å². The van der Waals surface area contributed by atoms with E-state index in [-0.39, 0.29) is 0 Å². The van der Waals surface area contributed by atoms with Crippen LogP contribution >= 0.6 is 0 Å². The Balaban J connectivity index is 1.07. The predicted molar refractivity (Wildman–Crippen MR) is 204 cm³/mol. The number of hydrogen-bond donors (Lipinski definition) is 0. The van der Waals surface area contributed by atoms with Crippen LogP contribution in [0.1, 0.15) is 19.4 Å². The summed E-state index contributed by atoms with van der Waals surface area (Å²) in [5, 5.41) is 15.1. The molecule has 0 bridgehead atoms. The molecule has 0 radical (unpaired) electrons. The first-order valence-corrected chi connectivity index (χ1v) is 16.5. The van der Waals surface area contributed by atoms with E-state index >= 15 is 0 Å². The summed E-state index contributed by atoms with van der Waals surface area (Å²) in [6.45, 7) is 4.30. The van der Waals surface area contributed by atoms with Gasteiger partial charge in [0.25, 0.3) is 0 Å². The van der Waals surface area contributed by atoms with Crippen LogP contribution in [0.3, 0.4) is 0 Å². The fraction of sp³-hybridized carbons (Fsp3) is 0.0435. The monoisotopic (exact) mass is 612 g/mol.